The summed E-state index contributed by atoms with van der Waals surface area (Å²) in [6.45, 7) is 1.26. The fourth-order valence-electron chi connectivity index (χ4n) is 5.01. The molecule has 3 aliphatic rings. The third-order valence-corrected chi connectivity index (χ3v) is 9.58. The van der Waals surface area contributed by atoms with E-state index in [0.29, 0.717) is 11.5 Å². The highest BCUT2D eigenvalue weighted by Crippen LogP contribution is 2.50. The van der Waals surface area contributed by atoms with Crippen LogP contribution in [0.1, 0.15) is 56.5 Å². The third-order valence-electron chi connectivity index (χ3n) is 7.57. The molecule has 1 aromatic carbocycles. The lowest BCUT2D eigenvalue weighted by atomic mass is 10.0. The summed E-state index contributed by atoms with van der Waals surface area (Å²) in [7, 11) is -4.28. The minimum absolute atomic E-state index is 0.0120. The molecule has 0 radical (unpaired) electrons. The number of halogens is 5. The van der Waals surface area contributed by atoms with Crippen molar-refractivity contribution < 1.29 is 39.9 Å². The molecule has 1 aliphatic heterocycles. The lowest BCUT2D eigenvalue weighted by Gasteiger charge is -2.26. The zero-order valence-corrected chi connectivity index (χ0v) is 21.9. The normalized spacial score (nSPS) is 27.5. The van der Waals surface area contributed by atoms with Gasteiger partial charge in [-0.25, -0.2) is 22.2 Å². The van der Waals surface area contributed by atoms with E-state index >= 15 is 0 Å². The van der Waals surface area contributed by atoms with Crippen LogP contribution in [0.25, 0.3) is 0 Å². The fourth-order valence-corrected chi connectivity index (χ4v) is 6.84. The lowest BCUT2D eigenvalue weighted by Crippen LogP contribution is -2.44. The third kappa shape index (κ3) is 6.08. The van der Waals surface area contributed by atoms with Gasteiger partial charge >= 0.3 is 6.18 Å². The summed E-state index contributed by atoms with van der Waals surface area (Å²) in [5, 5.41) is 0. The van der Waals surface area contributed by atoms with Crippen molar-refractivity contribution in [3.63, 3.8) is 0 Å². The summed E-state index contributed by atoms with van der Waals surface area (Å²) in [5.74, 6) is -2.37. The number of aromatic nitrogens is 2. The maximum absolute atomic E-state index is 14.7. The molecule has 7 nitrogen and oxygen atoms in total. The quantitative estimate of drug-likeness (QED) is 0.381. The molecule has 2 aliphatic carbocycles. The van der Waals surface area contributed by atoms with Gasteiger partial charge in [0.25, 0.3) is 0 Å². The number of alkyl halides is 4. The van der Waals surface area contributed by atoms with Crippen LogP contribution >= 0.6 is 0 Å². The topological polar surface area (TPSA) is 89.5 Å². The standard InChI is InChI=1S/C26H28F5N3O4S/c1-14-21(28)12-22(34(14)39(36,37)19-7-4-17(27)5-8-19)23(35)9-6-18-11-24(33-25(32-18)15-2-3-15)38-13-16-10-20(16)26(29,30)31/h4-5,7-8,11,14-16,20-22H,2-3,6,9-10,12-13H2,1H3/t14-,16-,20+,21+,22-/m0/s1. The number of sulfonamides is 1. The van der Waals surface area contributed by atoms with Crippen molar-refractivity contribution in [1.29, 1.82) is 0 Å². The van der Waals surface area contributed by atoms with Gasteiger partial charge in [0.05, 0.1) is 29.5 Å². The Hall–Kier alpha value is -2.67. The van der Waals surface area contributed by atoms with Gasteiger partial charge < -0.3 is 4.74 Å². The van der Waals surface area contributed by atoms with Gasteiger partial charge in [-0.15, -0.1) is 0 Å². The van der Waals surface area contributed by atoms with Crippen LogP contribution in [-0.4, -0.2) is 59.5 Å². The van der Waals surface area contributed by atoms with Crippen LogP contribution in [0.4, 0.5) is 22.0 Å². The second-order valence-electron chi connectivity index (χ2n) is 10.5. The average Bonchev–Trinajstić information content (AvgIpc) is 3.79. The molecule has 39 heavy (non-hydrogen) atoms. The van der Waals surface area contributed by atoms with Crippen molar-refractivity contribution in [2.75, 3.05) is 6.61 Å². The van der Waals surface area contributed by atoms with Crippen molar-refractivity contribution in [2.45, 2.75) is 80.7 Å². The van der Waals surface area contributed by atoms with E-state index in [4.69, 9.17) is 4.74 Å². The molecule has 2 heterocycles. The molecule has 13 heteroatoms. The first-order valence-corrected chi connectivity index (χ1v) is 14.3. The minimum atomic E-state index is -4.28. The van der Waals surface area contributed by atoms with Crippen LogP contribution in [0, 0.1) is 17.7 Å². The highest BCUT2D eigenvalue weighted by molar-refractivity contribution is 7.89. The average molecular weight is 574 g/mol. The summed E-state index contributed by atoms with van der Waals surface area (Å²) in [6.07, 6.45) is -4.40. The van der Waals surface area contributed by atoms with Crippen molar-refractivity contribution in [3.8, 4) is 5.88 Å². The maximum atomic E-state index is 14.7. The molecule has 5 atom stereocenters. The van der Waals surface area contributed by atoms with Gasteiger partial charge in [-0.3, -0.25) is 4.79 Å². The highest BCUT2D eigenvalue weighted by atomic mass is 32.2. The smallest absolute Gasteiger partial charge is 0.392 e. The number of benzene rings is 1. The molecule has 0 spiro atoms. The van der Waals surface area contributed by atoms with Crippen molar-refractivity contribution in [1.82, 2.24) is 14.3 Å². The molecule has 0 N–H and O–H groups in total. The van der Waals surface area contributed by atoms with Crippen molar-refractivity contribution in [3.05, 3.63) is 47.7 Å². The van der Waals surface area contributed by atoms with Gasteiger partial charge in [-0.05, 0) is 56.9 Å². The number of ketones is 1. The SMILES string of the molecule is C[C@H]1[C@H](F)C[C@@H](C(=O)CCc2cc(OC[C@@H]3C[C@H]3C(F)(F)F)nc(C3CC3)n2)N1S(=O)(=O)c1ccc(F)cc1. The van der Waals surface area contributed by atoms with Gasteiger partial charge in [-0.1, -0.05) is 0 Å². The van der Waals surface area contributed by atoms with Crippen LogP contribution in [0.3, 0.4) is 0 Å². The Labute approximate surface area is 222 Å². The first kappa shape index (κ1) is 27.9. The second-order valence-corrected chi connectivity index (χ2v) is 12.4. The number of ether oxygens (including phenoxy) is 1. The first-order valence-electron chi connectivity index (χ1n) is 12.9. The van der Waals surface area contributed by atoms with Crippen LogP contribution in [0.15, 0.2) is 35.2 Å². The van der Waals surface area contributed by atoms with Gasteiger partial charge in [-0.2, -0.15) is 22.5 Å². The Kier molecular flexibility index (Phi) is 7.42. The predicted molar refractivity (Wildman–Crippen MR) is 129 cm³/mol. The Morgan fingerprint density at radius 1 is 1.13 bits per heavy atom. The predicted octanol–water partition coefficient (Wildman–Crippen LogP) is 4.76. The summed E-state index contributed by atoms with van der Waals surface area (Å²) in [4.78, 5) is 21.8. The number of carbonyl (C=O) groups is 1. The van der Waals surface area contributed by atoms with Gasteiger partial charge in [0, 0.05) is 36.4 Å². The van der Waals surface area contributed by atoms with E-state index in [9.17, 15) is 35.2 Å². The molecule has 1 saturated heterocycles. The first-order chi connectivity index (χ1) is 18.3. The molecule has 212 valence electrons. The van der Waals surface area contributed by atoms with E-state index in [1.165, 1.54) is 13.0 Å². The van der Waals surface area contributed by atoms with Crippen molar-refractivity contribution >= 4 is 15.8 Å². The molecule has 0 bridgehead atoms. The number of nitrogens with zero attached hydrogens (tertiary/aromatic N) is 3. The highest BCUT2D eigenvalue weighted by Gasteiger charge is 2.56. The van der Waals surface area contributed by atoms with E-state index in [0.717, 1.165) is 41.4 Å². The number of hydrogen-bond donors (Lipinski definition) is 0. The molecule has 1 aromatic heterocycles. The monoisotopic (exact) mass is 573 g/mol. The van der Waals surface area contributed by atoms with E-state index in [-0.39, 0.29) is 49.0 Å². The summed E-state index contributed by atoms with van der Waals surface area (Å²) < 4.78 is 99.5. The van der Waals surface area contributed by atoms with Crippen molar-refractivity contribution in [2.24, 2.45) is 11.8 Å². The van der Waals surface area contributed by atoms with Gasteiger partial charge in [0.1, 0.15) is 17.8 Å². The van der Waals surface area contributed by atoms with Crippen LogP contribution in [0.5, 0.6) is 5.88 Å². The van der Waals surface area contributed by atoms with Crippen LogP contribution in [-0.2, 0) is 21.2 Å². The number of rotatable bonds is 10. The number of aryl methyl sites for hydroxylation is 1. The number of hydrogen-bond acceptors (Lipinski definition) is 6. The molecular formula is C26H28F5N3O4S. The molecule has 2 aromatic rings. The molecule has 3 fully saturated rings. The zero-order valence-electron chi connectivity index (χ0n) is 21.1. The Morgan fingerprint density at radius 2 is 1.82 bits per heavy atom. The Bertz CT molecular complexity index is 1330. The molecule has 0 amide bonds. The summed E-state index contributed by atoms with van der Waals surface area (Å²) >= 11 is 0. The fraction of sp³-hybridized carbons (Fsp3) is 0.577. The summed E-state index contributed by atoms with van der Waals surface area (Å²) in [5.41, 5.74) is 0.439. The molecule has 5 rings (SSSR count). The van der Waals surface area contributed by atoms with Gasteiger partial charge in [0.15, 0.2) is 5.78 Å². The lowest BCUT2D eigenvalue weighted by molar-refractivity contribution is -0.151. The number of Topliss-reactive ketones (excluding diaryl/α,β-unsaturated/α-hetero) is 1. The van der Waals surface area contributed by atoms with E-state index < -0.39 is 57.9 Å². The largest absolute Gasteiger partial charge is 0.477 e. The number of carbonyl (C=O) groups excluding carboxylic acids is 1. The zero-order chi connectivity index (χ0) is 28.1. The van der Waals surface area contributed by atoms with Gasteiger partial charge in [0.2, 0.25) is 15.9 Å². The van der Waals surface area contributed by atoms with E-state index in [1.54, 1.807) is 0 Å². The second kappa shape index (κ2) is 10.4. The molecule has 2 saturated carbocycles. The minimum Gasteiger partial charge on any atom is -0.477 e. The van der Waals surface area contributed by atoms with Crippen LogP contribution in [0.2, 0.25) is 0 Å². The maximum Gasteiger partial charge on any atom is 0.392 e. The summed E-state index contributed by atoms with van der Waals surface area (Å²) in [6, 6.07) is 3.27. The Balaban J connectivity index is 1.28. The van der Waals surface area contributed by atoms with Crippen LogP contribution < -0.4 is 4.74 Å². The van der Waals surface area contributed by atoms with E-state index in [1.807, 2.05) is 0 Å². The Morgan fingerprint density at radius 3 is 2.44 bits per heavy atom. The molecular weight excluding hydrogens is 545 g/mol. The van der Waals surface area contributed by atoms with E-state index in [2.05, 4.69) is 9.97 Å². The molecule has 0 unspecified atom stereocenters.